The highest BCUT2D eigenvalue weighted by molar-refractivity contribution is 5.92. The zero-order chi connectivity index (χ0) is 22.6. The second-order valence-corrected chi connectivity index (χ2v) is 8.22. The maximum Gasteiger partial charge on any atom is 0.289 e. The number of likely N-dealkylation sites (tertiary alicyclic amines) is 1. The van der Waals surface area contributed by atoms with Gasteiger partial charge in [-0.25, -0.2) is 4.39 Å². The van der Waals surface area contributed by atoms with Crippen molar-refractivity contribution in [3.05, 3.63) is 78.3 Å². The van der Waals surface area contributed by atoms with Gasteiger partial charge in [-0.05, 0) is 49.2 Å². The maximum atomic E-state index is 14.1. The van der Waals surface area contributed by atoms with Crippen LogP contribution in [0.5, 0.6) is 5.75 Å². The third-order valence-electron chi connectivity index (χ3n) is 5.74. The van der Waals surface area contributed by atoms with Crippen LogP contribution in [-0.4, -0.2) is 36.4 Å². The van der Waals surface area contributed by atoms with Crippen molar-refractivity contribution in [2.75, 3.05) is 19.7 Å². The molecule has 1 fully saturated rings. The third kappa shape index (κ3) is 4.82. The van der Waals surface area contributed by atoms with E-state index in [0.29, 0.717) is 43.0 Å². The predicted molar refractivity (Wildman–Crippen MR) is 117 cm³/mol. The molecule has 4 rings (SSSR count). The lowest BCUT2D eigenvalue weighted by Gasteiger charge is -2.41. The number of hydrogen-bond acceptors (Lipinski definition) is 4. The second kappa shape index (κ2) is 9.26. The number of carbonyl (C=O) groups is 2. The number of benzene rings is 2. The highest BCUT2D eigenvalue weighted by Gasteiger charge is 2.40. The number of piperidine rings is 1. The minimum Gasteiger partial charge on any atom is -0.493 e. The summed E-state index contributed by atoms with van der Waals surface area (Å²) in [6, 6.07) is 18.7. The number of ether oxygens (including phenoxy) is 1. The summed E-state index contributed by atoms with van der Waals surface area (Å²) in [5.74, 6) is -0.0456. The minimum atomic E-state index is -0.587. The van der Waals surface area contributed by atoms with E-state index in [1.54, 1.807) is 35.2 Å². The molecule has 7 heteroatoms. The van der Waals surface area contributed by atoms with Crippen molar-refractivity contribution in [3.8, 4) is 17.1 Å². The fourth-order valence-electron chi connectivity index (χ4n) is 4.23. The molecule has 0 saturated carbocycles. The van der Waals surface area contributed by atoms with Crippen LogP contribution in [-0.2, 0) is 4.79 Å². The Labute approximate surface area is 185 Å². The lowest BCUT2D eigenvalue weighted by atomic mass is 9.77. The van der Waals surface area contributed by atoms with Crippen LogP contribution in [0.1, 0.15) is 29.8 Å². The SMILES string of the molecule is NC(=O)C[C@]1(COc2ccccc2)CCCN(C(=O)c2ccc(-c3ccccc3F)o2)C1. The van der Waals surface area contributed by atoms with Crippen LogP contribution in [0.3, 0.4) is 0 Å². The summed E-state index contributed by atoms with van der Waals surface area (Å²) < 4.78 is 25.7. The number of halogens is 1. The Bertz CT molecular complexity index is 1100. The van der Waals surface area contributed by atoms with Crippen LogP contribution in [0.25, 0.3) is 11.3 Å². The molecule has 32 heavy (non-hydrogen) atoms. The van der Waals surface area contributed by atoms with Gasteiger partial charge in [0.05, 0.1) is 12.2 Å². The Morgan fingerprint density at radius 2 is 1.81 bits per heavy atom. The van der Waals surface area contributed by atoms with E-state index in [1.165, 1.54) is 6.07 Å². The van der Waals surface area contributed by atoms with E-state index < -0.39 is 17.1 Å². The normalized spacial score (nSPS) is 18.3. The van der Waals surface area contributed by atoms with Crippen LogP contribution in [0.15, 0.2) is 71.1 Å². The third-order valence-corrected chi connectivity index (χ3v) is 5.74. The van der Waals surface area contributed by atoms with E-state index in [-0.39, 0.29) is 24.7 Å². The quantitative estimate of drug-likeness (QED) is 0.600. The van der Waals surface area contributed by atoms with Gasteiger partial charge in [0.1, 0.15) is 17.3 Å². The summed E-state index contributed by atoms with van der Waals surface area (Å²) >= 11 is 0. The molecular weight excluding hydrogens is 411 g/mol. The van der Waals surface area contributed by atoms with E-state index >= 15 is 0 Å². The molecule has 1 aromatic heterocycles. The van der Waals surface area contributed by atoms with E-state index in [2.05, 4.69) is 0 Å². The molecule has 2 heterocycles. The Kier molecular flexibility index (Phi) is 6.25. The average molecular weight is 436 g/mol. The molecule has 2 aromatic carbocycles. The molecule has 0 unspecified atom stereocenters. The number of amides is 2. The Morgan fingerprint density at radius 1 is 1.06 bits per heavy atom. The van der Waals surface area contributed by atoms with Crippen molar-refractivity contribution < 1.29 is 23.1 Å². The highest BCUT2D eigenvalue weighted by atomic mass is 19.1. The number of furan rings is 1. The topological polar surface area (TPSA) is 85.8 Å². The lowest BCUT2D eigenvalue weighted by Crippen LogP contribution is -2.50. The first-order valence-corrected chi connectivity index (χ1v) is 10.6. The van der Waals surface area contributed by atoms with Gasteiger partial charge in [0.25, 0.3) is 5.91 Å². The zero-order valence-electron chi connectivity index (χ0n) is 17.6. The Balaban J connectivity index is 1.51. The van der Waals surface area contributed by atoms with Crippen molar-refractivity contribution in [1.82, 2.24) is 4.90 Å². The zero-order valence-corrected chi connectivity index (χ0v) is 17.6. The fourth-order valence-corrected chi connectivity index (χ4v) is 4.23. The molecule has 0 aliphatic carbocycles. The Hall–Kier alpha value is -3.61. The van der Waals surface area contributed by atoms with Crippen LogP contribution in [0.2, 0.25) is 0 Å². The maximum absolute atomic E-state index is 14.1. The van der Waals surface area contributed by atoms with Gasteiger partial charge >= 0.3 is 0 Å². The number of hydrogen-bond donors (Lipinski definition) is 1. The molecule has 0 bridgehead atoms. The summed E-state index contributed by atoms with van der Waals surface area (Å²) in [7, 11) is 0. The fraction of sp³-hybridized carbons (Fsp3) is 0.280. The number of para-hydroxylation sites is 1. The van der Waals surface area contributed by atoms with Crippen molar-refractivity contribution in [3.63, 3.8) is 0 Å². The van der Waals surface area contributed by atoms with Crippen molar-refractivity contribution in [2.45, 2.75) is 19.3 Å². The smallest absolute Gasteiger partial charge is 0.289 e. The number of nitrogens with zero attached hydrogens (tertiary/aromatic N) is 1. The first-order chi connectivity index (χ1) is 15.5. The van der Waals surface area contributed by atoms with Gasteiger partial charge in [-0.1, -0.05) is 30.3 Å². The van der Waals surface area contributed by atoms with E-state index in [0.717, 1.165) is 0 Å². The molecule has 1 aliphatic heterocycles. The number of carbonyl (C=O) groups excluding carboxylic acids is 2. The number of nitrogens with two attached hydrogens (primary N) is 1. The molecule has 1 aliphatic rings. The van der Waals surface area contributed by atoms with Crippen molar-refractivity contribution >= 4 is 11.8 Å². The number of primary amides is 1. The van der Waals surface area contributed by atoms with Crippen molar-refractivity contribution in [1.29, 1.82) is 0 Å². The molecule has 2 amide bonds. The van der Waals surface area contributed by atoms with Crippen LogP contribution < -0.4 is 10.5 Å². The standard InChI is InChI=1S/C25H25FN2O4/c26-20-10-5-4-9-19(20)21-11-12-22(32-21)24(30)28-14-6-13-25(16-28,15-23(27)29)17-31-18-7-2-1-3-8-18/h1-5,7-12H,6,13-17H2,(H2,27,29)/t25-/m1/s1. The summed E-state index contributed by atoms with van der Waals surface area (Å²) in [5, 5.41) is 0. The van der Waals surface area contributed by atoms with E-state index in [1.807, 2.05) is 30.3 Å². The molecule has 166 valence electrons. The summed E-state index contributed by atoms with van der Waals surface area (Å²) in [5.41, 5.74) is 5.25. The van der Waals surface area contributed by atoms with Gasteiger partial charge in [-0.15, -0.1) is 0 Å². The molecule has 3 aromatic rings. The summed E-state index contributed by atoms with van der Waals surface area (Å²) in [4.78, 5) is 26.6. The van der Waals surface area contributed by atoms with Crippen LogP contribution in [0.4, 0.5) is 4.39 Å². The van der Waals surface area contributed by atoms with Crippen LogP contribution >= 0.6 is 0 Å². The first-order valence-electron chi connectivity index (χ1n) is 10.6. The van der Waals surface area contributed by atoms with E-state index in [4.69, 9.17) is 14.9 Å². The largest absolute Gasteiger partial charge is 0.493 e. The highest BCUT2D eigenvalue weighted by Crippen LogP contribution is 2.35. The van der Waals surface area contributed by atoms with E-state index in [9.17, 15) is 14.0 Å². The molecular formula is C25H25FN2O4. The predicted octanol–water partition coefficient (Wildman–Crippen LogP) is 4.26. The molecule has 0 radical (unpaired) electrons. The van der Waals surface area contributed by atoms with Gasteiger partial charge in [0.2, 0.25) is 5.91 Å². The monoisotopic (exact) mass is 436 g/mol. The lowest BCUT2D eigenvalue weighted by molar-refractivity contribution is -0.122. The molecule has 0 spiro atoms. The van der Waals surface area contributed by atoms with Crippen molar-refractivity contribution in [2.24, 2.45) is 11.1 Å². The van der Waals surface area contributed by atoms with Gasteiger partial charge in [-0.2, -0.15) is 0 Å². The Morgan fingerprint density at radius 3 is 2.56 bits per heavy atom. The van der Waals surface area contributed by atoms with Gasteiger partial charge in [-0.3, -0.25) is 9.59 Å². The van der Waals surface area contributed by atoms with Crippen LogP contribution in [0, 0.1) is 11.2 Å². The molecule has 6 nitrogen and oxygen atoms in total. The molecule has 2 N–H and O–H groups in total. The van der Waals surface area contributed by atoms with Gasteiger partial charge in [0.15, 0.2) is 5.76 Å². The van der Waals surface area contributed by atoms with Gasteiger partial charge < -0.3 is 19.8 Å². The minimum absolute atomic E-state index is 0.113. The molecule has 1 saturated heterocycles. The summed E-state index contributed by atoms with van der Waals surface area (Å²) in [6.45, 7) is 1.11. The molecule has 1 atom stereocenters. The summed E-state index contributed by atoms with van der Waals surface area (Å²) in [6.07, 6.45) is 1.53. The second-order valence-electron chi connectivity index (χ2n) is 8.22. The first kappa shape index (κ1) is 21.6. The number of rotatable bonds is 7. The van der Waals surface area contributed by atoms with Gasteiger partial charge in [0, 0.05) is 24.9 Å². The average Bonchev–Trinajstić information content (AvgIpc) is 3.28.